The maximum absolute atomic E-state index is 12.4. The first-order chi connectivity index (χ1) is 10.1. The minimum absolute atomic E-state index is 0.228. The highest BCUT2D eigenvalue weighted by Gasteiger charge is 2.32. The Hall–Kier alpha value is -1.55. The molecule has 4 heteroatoms. The van der Waals surface area contributed by atoms with Crippen molar-refractivity contribution in [2.45, 2.75) is 58.2 Å². The predicted molar refractivity (Wildman–Crippen MR) is 84.1 cm³/mol. The molecule has 1 fully saturated rings. The van der Waals surface area contributed by atoms with E-state index in [-0.39, 0.29) is 11.7 Å². The lowest BCUT2D eigenvalue weighted by Crippen LogP contribution is -2.33. The van der Waals surface area contributed by atoms with Crippen molar-refractivity contribution in [3.63, 3.8) is 0 Å². The number of phenolic OH excluding ortho intramolecular Hbond substituents is 1. The lowest BCUT2D eigenvalue weighted by molar-refractivity contribution is -0.132. The highest BCUT2D eigenvalue weighted by molar-refractivity contribution is 5.76. The normalized spacial score (nSPS) is 14.4. The van der Waals surface area contributed by atoms with E-state index in [2.05, 4.69) is 19.2 Å². The molecule has 1 aromatic carbocycles. The summed E-state index contributed by atoms with van der Waals surface area (Å²) in [7, 11) is 0. The molecule has 0 atom stereocenters. The quantitative estimate of drug-likeness (QED) is 0.724. The highest BCUT2D eigenvalue weighted by Crippen LogP contribution is 2.29. The lowest BCUT2D eigenvalue weighted by Gasteiger charge is -2.23. The van der Waals surface area contributed by atoms with Gasteiger partial charge in [0.05, 0.1) is 0 Å². The van der Waals surface area contributed by atoms with Crippen LogP contribution in [0.25, 0.3) is 0 Å². The van der Waals surface area contributed by atoms with Crippen molar-refractivity contribution in [1.82, 2.24) is 10.2 Å². The molecule has 2 rings (SSSR count). The van der Waals surface area contributed by atoms with E-state index in [0.717, 1.165) is 31.4 Å². The zero-order valence-electron chi connectivity index (χ0n) is 13.0. The Balaban J connectivity index is 1.85. The van der Waals surface area contributed by atoms with Crippen molar-refractivity contribution < 1.29 is 9.90 Å². The molecule has 1 aromatic rings. The second kappa shape index (κ2) is 7.46. The van der Waals surface area contributed by atoms with Crippen LogP contribution in [0.5, 0.6) is 5.75 Å². The first-order valence-electron chi connectivity index (χ1n) is 7.87. The topological polar surface area (TPSA) is 52.6 Å². The Kier molecular flexibility index (Phi) is 5.62. The van der Waals surface area contributed by atoms with E-state index < -0.39 is 0 Å². The second-order valence-electron chi connectivity index (χ2n) is 6.14. The van der Waals surface area contributed by atoms with E-state index in [1.165, 1.54) is 0 Å². The van der Waals surface area contributed by atoms with E-state index in [0.29, 0.717) is 25.0 Å². The molecule has 0 aliphatic heterocycles. The Labute approximate surface area is 127 Å². The van der Waals surface area contributed by atoms with E-state index in [9.17, 15) is 9.90 Å². The summed E-state index contributed by atoms with van der Waals surface area (Å²) in [5.74, 6) is 0.489. The van der Waals surface area contributed by atoms with Gasteiger partial charge in [-0.2, -0.15) is 0 Å². The van der Waals surface area contributed by atoms with E-state index >= 15 is 0 Å². The zero-order valence-corrected chi connectivity index (χ0v) is 13.0. The fourth-order valence-corrected chi connectivity index (χ4v) is 2.43. The van der Waals surface area contributed by atoms with Gasteiger partial charge in [0.15, 0.2) is 0 Å². The van der Waals surface area contributed by atoms with Crippen LogP contribution in [0.1, 0.15) is 45.1 Å². The largest absolute Gasteiger partial charge is 0.508 e. The molecule has 1 amide bonds. The van der Waals surface area contributed by atoms with Gasteiger partial charge in [0.2, 0.25) is 5.91 Å². The fraction of sp³-hybridized carbons (Fsp3) is 0.588. The fourth-order valence-electron chi connectivity index (χ4n) is 2.43. The van der Waals surface area contributed by atoms with Crippen LogP contribution in [0, 0.1) is 0 Å². The third kappa shape index (κ3) is 5.38. The molecule has 0 unspecified atom stereocenters. The van der Waals surface area contributed by atoms with Crippen LogP contribution < -0.4 is 5.32 Å². The van der Waals surface area contributed by atoms with Crippen molar-refractivity contribution in [2.75, 3.05) is 6.54 Å². The van der Waals surface area contributed by atoms with E-state index in [1.807, 2.05) is 17.0 Å². The van der Waals surface area contributed by atoms with Crippen LogP contribution in [0.15, 0.2) is 24.3 Å². The number of phenols is 1. The Bertz CT molecular complexity index is 470. The SMILES string of the molecule is CC(C)NCCCC(=O)N(Cc1cccc(O)c1)C1CC1. The average molecular weight is 290 g/mol. The predicted octanol–water partition coefficient (Wildman–Crippen LogP) is 2.66. The number of nitrogens with one attached hydrogen (secondary N) is 1. The van der Waals surface area contributed by atoms with E-state index in [4.69, 9.17) is 0 Å². The number of nitrogens with zero attached hydrogens (tertiary/aromatic N) is 1. The highest BCUT2D eigenvalue weighted by atomic mass is 16.3. The van der Waals surface area contributed by atoms with Gasteiger partial charge < -0.3 is 15.3 Å². The summed E-state index contributed by atoms with van der Waals surface area (Å²) < 4.78 is 0. The minimum Gasteiger partial charge on any atom is -0.508 e. The van der Waals surface area contributed by atoms with Crippen molar-refractivity contribution in [1.29, 1.82) is 0 Å². The maximum Gasteiger partial charge on any atom is 0.223 e. The first-order valence-corrected chi connectivity index (χ1v) is 7.87. The van der Waals surface area contributed by atoms with Crippen LogP contribution in [0.3, 0.4) is 0 Å². The molecule has 1 aliphatic rings. The smallest absolute Gasteiger partial charge is 0.223 e. The van der Waals surface area contributed by atoms with Gasteiger partial charge in [-0.3, -0.25) is 4.79 Å². The molecule has 0 heterocycles. The van der Waals surface area contributed by atoms with Crippen molar-refractivity contribution in [2.24, 2.45) is 0 Å². The van der Waals surface area contributed by atoms with Crippen LogP contribution in [0.2, 0.25) is 0 Å². The number of hydrogen-bond donors (Lipinski definition) is 2. The summed E-state index contributed by atoms with van der Waals surface area (Å²) in [5.41, 5.74) is 0.996. The summed E-state index contributed by atoms with van der Waals surface area (Å²) in [6.45, 7) is 5.71. The second-order valence-corrected chi connectivity index (χ2v) is 6.14. The molecule has 1 aliphatic carbocycles. The number of benzene rings is 1. The van der Waals surface area contributed by atoms with Gasteiger partial charge in [-0.05, 0) is 43.5 Å². The van der Waals surface area contributed by atoms with Gasteiger partial charge in [0.1, 0.15) is 5.75 Å². The van der Waals surface area contributed by atoms with Gasteiger partial charge >= 0.3 is 0 Å². The minimum atomic E-state index is 0.228. The molecule has 0 spiro atoms. The third-order valence-corrected chi connectivity index (χ3v) is 3.69. The van der Waals surface area contributed by atoms with Crippen LogP contribution in [0.4, 0.5) is 0 Å². The summed E-state index contributed by atoms with van der Waals surface area (Å²) >= 11 is 0. The molecule has 116 valence electrons. The number of aromatic hydroxyl groups is 1. The van der Waals surface area contributed by atoms with Crippen LogP contribution in [-0.4, -0.2) is 34.5 Å². The number of hydrogen-bond acceptors (Lipinski definition) is 3. The average Bonchev–Trinajstić information content (AvgIpc) is 3.25. The Morgan fingerprint density at radius 1 is 1.43 bits per heavy atom. The number of amides is 1. The van der Waals surface area contributed by atoms with Gasteiger partial charge in [-0.25, -0.2) is 0 Å². The van der Waals surface area contributed by atoms with Crippen molar-refractivity contribution in [3.8, 4) is 5.75 Å². The van der Waals surface area contributed by atoms with Crippen molar-refractivity contribution >= 4 is 5.91 Å². The zero-order chi connectivity index (χ0) is 15.2. The molecule has 21 heavy (non-hydrogen) atoms. The molecular weight excluding hydrogens is 264 g/mol. The number of carbonyl (C=O) groups excluding carboxylic acids is 1. The van der Waals surface area contributed by atoms with Gasteiger partial charge in [-0.15, -0.1) is 0 Å². The molecule has 0 aromatic heterocycles. The number of carbonyl (C=O) groups is 1. The molecule has 0 saturated heterocycles. The van der Waals surface area contributed by atoms with Crippen LogP contribution in [-0.2, 0) is 11.3 Å². The lowest BCUT2D eigenvalue weighted by atomic mass is 10.2. The number of rotatable bonds is 8. The van der Waals surface area contributed by atoms with E-state index in [1.54, 1.807) is 12.1 Å². The standard InChI is InChI=1S/C17H26N2O2/c1-13(2)18-10-4-7-17(21)19(15-8-9-15)12-14-5-3-6-16(20)11-14/h3,5-6,11,13,15,18,20H,4,7-10,12H2,1-2H3. The molecule has 0 radical (unpaired) electrons. The molecule has 0 bridgehead atoms. The summed E-state index contributed by atoms with van der Waals surface area (Å²) in [5, 5.41) is 12.9. The summed E-state index contributed by atoms with van der Waals surface area (Å²) in [4.78, 5) is 14.4. The maximum atomic E-state index is 12.4. The Morgan fingerprint density at radius 3 is 2.81 bits per heavy atom. The summed E-state index contributed by atoms with van der Waals surface area (Å²) in [6.07, 6.45) is 3.68. The van der Waals surface area contributed by atoms with Crippen molar-refractivity contribution in [3.05, 3.63) is 29.8 Å². The molecule has 1 saturated carbocycles. The Morgan fingerprint density at radius 2 is 2.19 bits per heavy atom. The van der Waals surface area contributed by atoms with Gasteiger partial charge in [0, 0.05) is 25.0 Å². The molecular formula is C17H26N2O2. The monoisotopic (exact) mass is 290 g/mol. The molecule has 2 N–H and O–H groups in total. The van der Waals surface area contributed by atoms with Crippen LogP contribution >= 0.6 is 0 Å². The van der Waals surface area contributed by atoms with Gasteiger partial charge in [0.25, 0.3) is 0 Å². The first kappa shape index (κ1) is 15.8. The third-order valence-electron chi connectivity index (χ3n) is 3.69. The van der Waals surface area contributed by atoms with Gasteiger partial charge in [-0.1, -0.05) is 26.0 Å². The molecule has 4 nitrogen and oxygen atoms in total. The summed E-state index contributed by atoms with van der Waals surface area (Å²) in [6, 6.07) is 8.05.